The molecule has 0 N–H and O–H groups in total. The molecule has 16 rings (SSSR count). The Morgan fingerprint density at radius 1 is 0.170 bits per heavy atom. The molecule has 0 bridgehead atoms. The third kappa shape index (κ3) is 13.8. The number of thiophene rings is 4. The van der Waals surface area contributed by atoms with Crippen molar-refractivity contribution in [3.8, 4) is 98.8 Å². The second kappa shape index (κ2) is 27.4. The molecule has 4 aromatic heterocycles. The first-order valence-corrected chi connectivity index (χ1v) is 43.8. The molecule has 0 atom stereocenters. The predicted octanol–water partition coefficient (Wildman–Crippen LogP) is 34.2. The van der Waals surface area contributed by atoms with Crippen molar-refractivity contribution in [1.29, 1.82) is 0 Å². The molecule has 0 unspecified atom stereocenters. The highest BCUT2D eigenvalue weighted by Gasteiger charge is 2.34. The summed E-state index contributed by atoms with van der Waals surface area (Å²) in [6.45, 7) is 56.1. The molecule has 0 saturated heterocycles. The van der Waals surface area contributed by atoms with Gasteiger partial charge >= 0.3 is 0 Å². The van der Waals surface area contributed by atoms with Crippen molar-refractivity contribution in [2.75, 3.05) is 0 Å². The van der Waals surface area contributed by atoms with E-state index in [9.17, 15) is 0 Å². The van der Waals surface area contributed by atoms with E-state index < -0.39 is 0 Å². The van der Waals surface area contributed by atoms with Gasteiger partial charge in [-0.2, -0.15) is 0 Å². The lowest BCUT2D eigenvalue weighted by atomic mass is 9.76. The van der Waals surface area contributed by atoms with E-state index >= 15 is 0 Å². The van der Waals surface area contributed by atoms with E-state index in [1.54, 1.807) is 0 Å². The van der Waals surface area contributed by atoms with E-state index in [4.69, 9.17) is 0 Å². The summed E-state index contributed by atoms with van der Waals surface area (Å²) < 4.78 is 5.28. The molecular weight excluding hydrogens is 1430 g/mol. The van der Waals surface area contributed by atoms with E-state index in [2.05, 4.69) is 395 Å². The van der Waals surface area contributed by atoms with Gasteiger partial charge in [0.2, 0.25) is 0 Å². The van der Waals surface area contributed by atoms with E-state index in [0.717, 1.165) is 0 Å². The van der Waals surface area contributed by atoms with Crippen molar-refractivity contribution in [2.45, 2.75) is 209 Å². The van der Waals surface area contributed by atoms with Gasteiger partial charge in [0.15, 0.2) is 0 Å². The van der Waals surface area contributed by atoms with Crippen LogP contribution in [0.5, 0.6) is 0 Å². The van der Waals surface area contributed by atoms with Crippen LogP contribution in [0.1, 0.15) is 211 Å². The number of rotatable bonds is 9. The van der Waals surface area contributed by atoms with Crippen molar-refractivity contribution >= 4 is 107 Å². The van der Waals surface area contributed by atoms with E-state index in [0.29, 0.717) is 0 Å². The standard InChI is InChI=1S/C108H110S4/c1-101(2,3)71-41-25-63(26-42-71)85-87(65-29-45-73(46-30-65)103(7,8)9)91(69-37-53-77(54-38-69)107(19,20)21)95-93(89(85)67-33-49-75(50-34-67)105(13,14)15)81-61-83(111-97(81)79-57-59-109-99(79)95)84-62-82-94-90(68-35-51-76(52-36-68)106(16,17)18)86(64-27-43-72(44-28-64)102(4,5)6)88(66-31-47-74(48-32-66)104(10,11)12)92(70-39-55-78(56-40-70)108(22,23)24)96(94)100-80(58-60-110-100)98(82)112-84/h25-62H,1-24H3. The Kier molecular flexibility index (Phi) is 18.8. The highest BCUT2D eigenvalue weighted by Crippen LogP contribution is 2.61. The molecule has 0 aliphatic carbocycles. The molecule has 0 fully saturated rings. The molecule has 0 saturated carbocycles. The summed E-state index contributed by atoms with van der Waals surface area (Å²) in [4.78, 5) is 2.55. The van der Waals surface area contributed by atoms with Crippen LogP contribution in [0, 0.1) is 0 Å². The van der Waals surface area contributed by atoms with Gasteiger partial charge in [0.1, 0.15) is 0 Å². The van der Waals surface area contributed by atoms with Gasteiger partial charge < -0.3 is 0 Å². The van der Waals surface area contributed by atoms with Crippen molar-refractivity contribution in [1.82, 2.24) is 0 Å². The van der Waals surface area contributed by atoms with Gasteiger partial charge in [0.05, 0.1) is 0 Å². The van der Waals surface area contributed by atoms with Crippen LogP contribution in [0.3, 0.4) is 0 Å². The highest BCUT2D eigenvalue weighted by molar-refractivity contribution is 7.30. The van der Waals surface area contributed by atoms with Gasteiger partial charge in [0.25, 0.3) is 0 Å². The van der Waals surface area contributed by atoms with Gasteiger partial charge in [0, 0.05) is 71.6 Å². The lowest BCUT2D eigenvalue weighted by molar-refractivity contribution is 0.590. The molecular formula is C108H110S4. The Bertz CT molecular complexity index is 5900. The number of fused-ring (bicyclic) bond motifs is 12. The van der Waals surface area contributed by atoms with E-state index in [1.807, 2.05) is 45.3 Å². The van der Waals surface area contributed by atoms with Gasteiger partial charge in [-0.25, -0.2) is 0 Å². The first-order valence-electron chi connectivity index (χ1n) is 40.4. The quantitative estimate of drug-likeness (QED) is 0.135. The zero-order valence-corrected chi connectivity index (χ0v) is 73.8. The molecule has 566 valence electrons. The lowest BCUT2D eigenvalue weighted by Crippen LogP contribution is -2.11. The minimum absolute atomic E-state index is 0.0327. The van der Waals surface area contributed by atoms with Crippen LogP contribution < -0.4 is 0 Å². The Morgan fingerprint density at radius 2 is 0.339 bits per heavy atom. The maximum Gasteiger partial charge on any atom is 0.0456 e. The molecule has 0 amide bonds. The number of benzene rings is 12. The minimum Gasteiger partial charge on any atom is -0.143 e. The summed E-state index contributed by atoms with van der Waals surface area (Å²) in [6.07, 6.45) is 0. The minimum atomic E-state index is -0.0467. The maximum atomic E-state index is 2.64. The van der Waals surface area contributed by atoms with Crippen molar-refractivity contribution < 1.29 is 0 Å². The molecule has 0 radical (unpaired) electrons. The highest BCUT2D eigenvalue weighted by atomic mass is 32.1. The molecule has 12 aromatic carbocycles. The van der Waals surface area contributed by atoms with E-state index in [-0.39, 0.29) is 43.3 Å². The summed E-state index contributed by atoms with van der Waals surface area (Å²) in [5.41, 5.74) is 30.1. The topological polar surface area (TPSA) is 0 Å². The zero-order valence-electron chi connectivity index (χ0n) is 70.6. The fourth-order valence-electron chi connectivity index (χ4n) is 17.1. The van der Waals surface area contributed by atoms with Gasteiger partial charge in [-0.05, 0) is 212 Å². The SMILES string of the molecule is CC(C)(C)c1ccc(-c2c(-c3ccc(C(C)(C)C)cc3)c(-c3ccc(C(C)(C)C)cc3)c3c4sccc4c4sc(-c5cc6c(s5)c5ccsc5c5c(-c7ccc(C(C)(C)C)cc7)c(-c7ccc(C(C)(C)C)cc7)c(-c7ccc(C(C)(C)C)cc7)c(-c7ccc(C(C)(C)C)cc7)c65)cc4c3c2-c2ccc(C(C)(C)C)cc2)cc1. The summed E-state index contributed by atoms with van der Waals surface area (Å²) >= 11 is 7.78. The molecule has 4 heterocycles. The van der Waals surface area contributed by atoms with Gasteiger partial charge in [-0.1, -0.05) is 360 Å². The molecule has 0 aliphatic rings. The van der Waals surface area contributed by atoms with Crippen LogP contribution in [0.15, 0.2) is 229 Å². The van der Waals surface area contributed by atoms with Crippen molar-refractivity contribution in [3.05, 3.63) is 274 Å². The first kappa shape index (κ1) is 77.0. The van der Waals surface area contributed by atoms with Crippen LogP contribution in [-0.2, 0) is 43.3 Å². The molecule has 112 heavy (non-hydrogen) atoms. The Balaban J connectivity index is 1.09. The van der Waals surface area contributed by atoms with Crippen LogP contribution in [0.4, 0.5) is 0 Å². The Morgan fingerprint density at radius 3 is 0.518 bits per heavy atom. The molecule has 0 aliphatic heterocycles. The molecule has 0 spiro atoms. The molecule has 4 heteroatoms. The van der Waals surface area contributed by atoms with Crippen molar-refractivity contribution in [3.63, 3.8) is 0 Å². The van der Waals surface area contributed by atoms with Crippen molar-refractivity contribution in [2.24, 2.45) is 0 Å². The molecule has 0 nitrogen and oxygen atoms in total. The smallest absolute Gasteiger partial charge is 0.0456 e. The van der Waals surface area contributed by atoms with Crippen LogP contribution in [0.25, 0.3) is 161 Å². The van der Waals surface area contributed by atoms with Gasteiger partial charge in [-0.15, -0.1) is 45.3 Å². The summed E-state index contributed by atoms with van der Waals surface area (Å²) in [6, 6.07) is 87.7. The zero-order chi connectivity index (χ0) is 79.6. The third-order valence-electron chi connectivity index (χ3n) is 23.8. The fraction of sp³-hybridized carbons (Fsp3) is 0.296. The lowest BCUT2D eigenvalue weighted by Gasteiger charge is -2.27. The first-order chi connectivity index (χ1) is 52.6. The summed E-state index contributed by atoms with van der Waals surface area (Å²) in [5.74, 6) is 0. The van der Waals surface area contributed by atoms with E-state index in [1.165, 1.54) is 205 Å². The summed E-state index contributed by atoms with van der Waals surface area (Å²) in [5, 5.41) is 15.2. The largest absolute Gasteiger partial charge is 0.143 e. The fourth-order valence-corrected chi connectivity index (χ4v) is 21.6. The normalized spacial score (nSPS) is 13.2. The average Bonchev–Trinajstić information content (AvgIpc) is 1.38. The third-order valence-corrected chi connectivity index (χ3v) is 28.2. The average molecular weight is 1540 g/mol. The van der Waals surface area contributed by atoms with Crippen LogP contribution in [-0.4, -0.2) is 0 Å². The monoisotopic (exact) mass is 1530 g/mol. The Labute approximate surface area is 683 Å². The number of hydrogen-bond donors (Lipinski definition) is 0. The second-order valence-electron chi connectivity index (χ2n) is 40.2. The summed E-state index contributed by atoms with van der Waals surface area (Å²) in [7, 11) is 0. The number of hydrogen-bond acceptors (Lipinski definition) is 4. The second-order valence-corrected chi connectivity index (χ2v) is 44.1. The van der Waals surface area contributed by atoms with Crippen LogP contribution >= 0.6 is 45.3 Å². The molecule has 16 aromatic rings. The maximum absolute atomic E-state index is 2.64. The Hall–Kier alpha value is -9.00. The van der Waals surface area contributed by atoms with Gasteiger partial charge in [-0.3, -0.25) is 0 Å². The van der Waals surface area contributed by atoms with Crippen LogP contribution in [0.2, 0.25) is 0 Å². The predicted molar refractivity (Wildman–Crippen MR) is 502 cm³/mol.